The number of alkyl halides is 3. The van der Waals surface area contributed by atoms with Crippen molar-refractivity contribution < 1.29 is 35.2 Å². The normalized spacial score (nSPS) is 16.5. The number of anilines is 2. The first-order valence-corrected chi connectivity index (χ1v) is 12.4. The minimum Gasteiger partial charge on any atom is -0.355 e. The van der Waals surface area contributed by atoms with Crippen molar-refractivity contribution >= 4 is 27.4 Å². The van der Waals surface area contributed by atoms with E-state index < -0.39 is 49.9 Å². The molecule has 1 atom stereocenters. The van der Waals surface area contributed by atoms with Crippen LogP contribution in [0, 0.1) is 11.6 Å². The Hall–Kier alpha value is -3.65. The van der Waals surface area contributed by atoms with Gasteiger partial charge in [-0.15, -0.1) is 0 Å². The van der Waals surface area contributed by atoms with Gasteiger partial charge in [-0.05, 0) is 42.7 Å². The summed E-state index contributed by atoms with van der Waals surface area (Å²) in [7, 11) is -4.20. The van der Waals surface area contributed by atoms with Crippen molar-refractivity contribution in [2.45, 2.75) is 30.0 Å². The number of rotatable bonds is 5. The molecule has 0 bridgehead atoms. The van der Waals surface area contributed by atoms with Crippen LogP contribution in [0.15, 0.2) is 53.8 Å². The third-order valence-electron chi connectivity index (χ3n) is 5.80. The molecule has 3 N–H and O–H groups in total. The summed E-state index contributed by atoms with van der Waals surface area (Å²) in [5, 5.41) is 6.85. The predicted octanol–water partition coefficient (Wildman–Crippen LogP) is 4.06. The minimum absolute atomic E-state index is 0.0622. The summed E-state index contributed by atoms with van der Waals surface area (Å²) in [6, 6.07) is 5.97. The SMILES string of the molecule is NS(=O)(=O)c1cc(NC(=O)c2cc(C(F)(F)F)cnc2N2CCC[C@@H](c3cc(F)cc(F)c3)C2)ccn1. The van der Waals surface area contributed by atoms with Crippen molar-refractivity contribution in [2.75, 3.05) is 23.3 Å². The van der Waals surface area contributed by atoms with E-state index in [9.17, 15) is 35.2 Å². The molecule has 2 aromatic heterocycles. The predicted molar refractivity (Wildman–Crippen MR) is 123 cm³/mol. The summed E-state index contributed by atoms with van der Waals surface area (Å²) < 4.78 is 90.9. The van der Waals surface area contributed by atoms with Crippen molar-refractivity contribution in [3.8, 4) is 0 Å². The van der Waals surface area contributed by atoms with Crippen LogP contribution in [-0.2, 0) is 16.2 Å². The summed E-state index contributed by atoms with van der Waals surface area (Å²) >= 11 is 0. The molecule has 0 spiro atoms. The van der Waals surface area contributed by atoms with Gasteiger partial charge in [0.2, 0.25) is 0 Å². The molecule has 0 aliphatic carbocycles. The van der Waals surface area contributed by atoms with E-state index >= 15 is 0 Å². The zero-order valence-electron chi connectivity index (χ0n) is 19.0. The molecular weight excluding hydrogens is 521 g/mol. The summed E-state index contributed by atoms with van der Waals surface area (Å²) in [4.78, 5) is 22.2. The molecule has 1 aliphatic heterocycles. The Morgan fingerprint density at radius 1 is 1.08 bits per heavy atom. The maximum atomic E-state index is 13.8. The lowest BCUT2D eigenvalue weighted by molar-refractivity contribution is -0.137. The highest BCUT2D eigenvalue weighted by Gasteiger charge is 2.34. The van der Waals surface area contributed by atoms with Crippen LogP contribution >= 0.6 is 0 Å². The lowest BCUT2D eigenvalue weighted by Gasteiger charge is -2.35. The molecule has 1 fully saturated rings. The number of primary sulfonamides is 1. The number of piperidine rings is 1. The van der Waals surface area contributed by atoms with Gasteiger partial charge in [-0.2, -0.15) is 13.2 Å². The molecule has 0 radical (unpaired) electrons. The van der Waals surface area contributed by atoms with Crippen LogP contribution in [0.4, 0.5) is 33.5 Å². The van der Waals surface area contributed by atoms with E-state index in [-0.39, 0.29) is 24.0 Å². The Bertz CT molecular complexity index is 1430. The second-order valence-corrected chi connectivity index (χ2v) is 9.97. The monoisotopic (exact) mass is 541 g/mol. The fourth-order valence-corrected chi connectivity index (χ4v) is 4.62. The van der Waals surface area contributed by atoms with Crippen molar-refractivity contribution in [3.63, 3.8) is 0 Å². The number of amides is 1. The first-order chi connectivity index (χ1) is 17.3. The van der Waals surface area contributed by atoms with Crippen molar-refractivity contribution in [1.29, 1.82) is 0 Å². The Balaban J connectivity index is 1.69. The molecule has 3 aromatic rings. The highest BCUT2D eigenvalue weighted by Crippen LogP contribution is 2.35. The first kappa shape index (κ1) is 26.4. The molecular formula is C23H20F5N5O3S. The zero-order chi connectivity index (χ0) is 27.0. The number of carbonyl (C=O) groups excluding carboxylic acids is 1. The average Bonchev–Trinajstić information content (AvgIpc) is 2.82. The van der Waals surface area contributed by atoms with Gasteiger partial charge in [0.25, 0.3) is 15.9 Å². The van der Waals surface area contributed by atoms with Gasteiger partial charge in [-0.25, -0.2) is 32.3 Å². The van der Waals surface area contributed by atoms with Gasteiger partial charge in [0.15, 0.2) is 5.03 Å². The number of sulfonamides is 1. The van der Waals surface area contributed by atoms with Crippen LogP contribution in [0.2, 0.25) is 0 Å². The minimum atomic E-state index is -4.79. The molecule has 37 heavy (non-hydrogen) atoms. The third-order valence-corrected chi connectivity index (χ3v) is 6.61. The standard InChI is InChI=1S/C23H20F5N5O3S/c24-16-6-14(7-17(25)9-16)13-2-1-5-33(12-13)21-19(8-15(11-31-21)23(26,27)28)22(34)32-18-3-4-30-20(10-18)37(29,35)36/h3-4,6-11,13H,1-2,5,12H2,(H2,29,35,36)(H,30,32,34)/t13-/m1/s1. The van der Waals surface area contributed by atoms with Gasteiger partial charge in [0.1, 0.15) is 17.5 Å². The van der Waals surface area contributed by atoms with Crippen molar-refractivity contribution in [1.82, 2.24) is 9.97 Å². The highest BCUT2D eigenvalue weighted by atomic mass is 32.2. The lowest BCUT2D eigenvalue weighted by Crippen LogP contribution is -2.36. The van der Waals surface area contributed by atoms with Gasteiger partial charge in [-0.1, -0.05) is 0 Å². The van der Waals surface area contributed by atoms with E-state index in [4.69, 9.17) is 5.14 Å². The summed E-state index contributed by atoms with van der Waals surface area (Å²) in [5.41, 5.74) is -1.27. The fraction of sp³-hybridized carbons (Fsp3) is 0.261. The van der Waals surface area contributed by atoms with Gasteiger partial charge >= 0.3 is 6.18 Å². The second kappa shape index (κ2) is 10.0. The average molecular weight is 542 g/mol. The zero-order valence-corrected chi connectivity index (χ0v) is 19.8. The summed E-state index contributed by atoms with van der Waals surface area (Å²) in [6.07, 6.45) is -2.04. The number of nitrogens with one attached hydrogen (secondary N) is 1. The number of carbonyl (C=O) groups is 1. The number of nitrogens with zero attached hydrogens (tertiary/aromatic N) is 3. The van der Waals surface area contributed by atoms with E-state index in [2.05, 4.69) is 15.3 Å². The van der Waals surface area contributed by atoms with E-state index in [0.717, 1.165) is 18.3 Å². The molecule has 8 nitrogen and oxygen atoms in total. The maximum Gasteiger partial charge on any atom is 0.417 e. The van der Waals surface area contributed by atoms with Crippen LogP contribution in [0.5, 0.6) is 0 Å². The smallest absolute Gasteiger partial charge is 0.355 e. The van der Waals surface area contributed by atoms with Crippen LogP contribution < -0.4 is 15.4 Å². The number of benzene rings is 1. The molecule has 14 heteroatoms. The van der Waals surface area contributed by atoms with Gasteiger partial charge in [0.05, 0.1) is 11.1 Å². The number of nitrogens with two attached hydrogens (primary N) is 1. The van der Waals surface area contributed by atoms with Gasteiger partial charge < -0.3 is 10.2 Å². The lowest BCUT2D eigenvalue weighted by atomic mass is 9.90. The maximum absolute atomic E-state index is 13.8. The van der Waals surface area contributed by atoms with E-state index in [1.807, 2.05) is 0 Å². The van der Waals surface area contributed by atoms with E-state index in [1.165, 1.54) is 18.2 Å². The van der Waals surface area contributed by atoms with E-state index in [0.29, 0.717) is 37.2 Å². The molecule has 196 valence electrons. The number of halogens is 5. The van der Waals surface area contributed by atoms with Crippen molar-refractivity contribution in [2.24, 2.45) is 5.14 Å². The molecule has 4 rings (SSSR count). The Morgan fingerprint density at radius 2 is 1.78 bits per heavy atom. The Labute approximate surface area is 208 Å². The number of hydrogen-bond donors (Lipinski definition) is 2. The van der Waals surface area contributed by atoms with Crippen LogP contribution in [-0.4, -0.2) is 37.4 Å². The highest BCUT2D eigenvalue weighted by molar-refractivity contribution is 7.89. The van der Waals surface area contributed by atoms with Crippen LogP contribution in [0.3, 0.4) is 0 Å². The number of aromatic nitrogens is 2. The molecule has 0 unspecified atom stereocenters. The number of pyridine rings is 2. The first-order valence-electron chi connectivity index (χ1n) is 10.9. The molecule has 3 heterocycles. The van der Waals surface area contributed by atoms with Gasteiger partial charge in [-0.3, -0.25) is 4.79 Å². The molecule has 1 aromatic carbocycles. The largest absolute Gasteiger partial charge is 0.417 e. The fourth-order valence-electron chi connectivity index (χ4n) is 4.13. The third kappa shape index (κ3) is 6.20. The van der Waals surface area contributed by atoms with Crippen LogP contribution in [0.1, 0.15) is 40.2 Å². The Kier molecular flexibility index (Phi) is 7.15. The van der Waals surface area contributed by atoms with Gasteiger partial charge in [0, 0.05) is 49.2 Å². The number of hydrogen-bond acceptors (Lipinski definition) is 6. The molecule has 1 amide bonds. The van der Waals surface area contributed by atoms with E-state index in [1.54, 1.807) is 4.90 Å². The topological polar surface area (TPSA) is 118 Å². The quantitative estimate of drug-likeness (QED) is 0.471. The Morgan fingerprint density at radius 3 is 2.43 bits per heavy atom. The summed E-state index contributed by atoms with van der Waals surface area (Å²) in [5.74, 6) is -2.92. The van der Waals surface area contributed by atoms with Crippen molar-refractivity contribution in [3.05, 3.63) is 77.1 Å². The second-order valence-electron chi connectivity index (χ2n) is 8.46. The molecule has 0 saturated carbocycles. The molecule has 1 aliphatic rings. The van der Waals surface area contributed by atoms with Crippen LogP contribution in [0.25, 0.3) is 0 Å². The molecule has 1 saturated heterocycles. The summed E-state index contributed by atoms with van der Waals surface area (Å²) in [6.45, 7) is 0.476.